The van der Waals surface area contributed by atoms with E-state index < -0.39 is 39.8 Å². The highest BCUT2D eigenvalue weighted by molar-refractivity contribution is 7.92. The van der Waals surface area contributed by atoms with Crippen LogP contribution in [0.25, 0.3) is 0 Å². The van der Waals surface area contributed by atoms with Gasteiger partial charge < -0.3 is 20.1 Å². The Kier molecular flexibility index (Phi) is 9.98. The average Bonchev–Trinajstić information content (AvgIpc) is 2.79. The molecule has 9 nitrogen and oxygen atoms in total. The van der Waals surface area contributed by atoms with Crippen molar-refractivity contribution in [1.29, 1.82) is 0 Å². The molecule has 196 valence electrons. The van der Waals surface area contributed by atoms with Gasteiger partial charge in [0.05, 0.1) is 19.4 Å². The lowest BCUT2D eigenvalue weighted by atomic mass is 10.1. The number of methoxy groups -OCH3 is 1. The van der Waals surface area contributed by atoms with Crippen LogP contribution in [0.2, 0.25) is 0 Å². The van der Waals surface area contributed by atoms with Crippen LogP contribution >= 0.6 is 0 Å². The zero-order valence-electron chi connectivity index (χ0n) is 21.6. The van der Waals surface area contributed by atoms with Gasteiger partial charge in [0.1, 0.15) is 11.6 Å². The monoisotopic (exact) mass is 525 g/mol. The van der Waals surface area contributed by atoms with Crippen molar-refractivity contribution < 1.29 is 27.5 Å². The zero-order valence-corrected chi connectivity index (χ0v) is 22.4. The highest BCUT2D eigenvalue weighted by atomic mass is 32.2. The minimum atomic E-state index is -3.33. The number of sulfonamides is 1. The van der Waals surface area contributed by atoms with Crippen molar-refractivity contribution in [1.82, 2.24) is 5.32 Å². The fourth-order valence-electron chi connectivity index (χ4n) is 2.96. The standard InChI is InChI=1S/C27H31N3O6S/c1-19(28-26(32)36-27(2,3)4)24(25(31)35-5)29-22-15-11-20(12-16-22)9-7-8-10-21-13-17-23(18-14-21)30-37(6,33)34/h11-19,24,29-30H,1-6H3,(H,28,32)/t19-,24+/m1/s1. The van der Waals surface area contributed by atoms with Gasteiger partial charge in [0.25, 0.3) is 0 Å². The molecule has 1 amide bonds. The van der Waals surface area contributed by atoms with Gasteiger partial charge in [-0.1, -0.05) is 11.8 Å². The van der Waals surface area contributed by atoms with Gasteiger partial charge in [0.15, 0.2) is 0 Å². The van der Waals surface area contributed by atoms with Crippen LogP contribution in [0.1, 0.15) is 38.8 Å². The first-order valence-corrected chi connectivity index (χ1v) is 13.2. The molecule has 0 unspecified atom stereocenters. The number of hydrogen-bond acceptors (Lipinski definition) is 7. The zero-order chi connectivity index (χ0) is 27.6. The maximum atomic E-state index is 12.3. The molecule has 0 aliphatic carbocycles. The Bertz CT molecular complexity index is 1320. The van der Waals surface area contributed by atoms with Crippen molar-refractivity contribution in [3.63, 3.8) is 0 Å². The lowest BCUT2D eigenvalue weighted by Gasteiger charge is -2.26. The van der Waals surface area contributed by atoms with Crippen molar-refractivity contribution >= 4 is 33.5 Å². The van der Waals surface area contributed by atoms with Crippen molar-refractivity contribution in [2.45, 2.75) is 45.4 Å². The van der Waals surface area contributed by atoms with Gasteiger partial charge in [-0.25, -0.2) is 18.0 Å². The third-order valence-corrected chi connectivity index (χ3v) is 5.18. The molecule has 2 atom stereocenters. The van der Waals surface area contributed by atoms with Gasteiger partial charge in [-0.15, -0.1) is 0 Å². The van der Waals surface area contributed by atoms with E-state index in [0.29, 0.717) is 22.5 Å². The molecule has 0 saturated heterocycles. The second-order valence-corrected chi connectivity index (χ2v) is 10.9. The molecule has 0 heterocycles. The molecule has 0 aliphatic heterocycles. The average molecular weight is 526 g/mol. The number of anilines is 2. The first-order valence-electron chi connectivity index (χ1n) is 11.3. The molecule has 0 aromatic heterocycles. The predicted octanol–water partition coefficient (Wildman–Crippen LogP) is 3.33. The second kappa shape index (κ2) is 12.7. The van der Waals surface area contributed by atoms with Crippen molar-refractivity contribution in [2.24, 2.45) is 0 Å². The number of nitrogens with one attached hydrogen (secondary N) is 3. The van der Waals surface area contributed by atoms with Crippen LogP contribution in [0.4, 0.5) is 16.2 Å². The summed E-state index contributed by atoms with van der Waals surface area (Å²) in [5.74, 6) is 10.8. The highest BCUT2D eigenvalue weighted by Crippen LogP contribution is 2.14. The van der Waals surface area contributed by atoms with Crippen molar-refractivity contribution in [3.8, 4) is 23.7 Å². The smallest absolute Gasteiger partial charge is 0.407 e. The third kappa shape index (κ3) is 11.0. The normalized spacial score (nSPS) is 12.4. The molecule has 0 fully saturated rings. The van der Waals surface area contributed by atoms with E-state index in [4.69, 9.17) is 9.47 Å². The number of ether oxygens (including phenoxy) is 2. The molecule has 2 aromatic carbocycles. The number of amides is 1. The van der Waals surface area contributed by atoms with Crippen LogP contribution in [-0.4, -0.2) is 51.5 Å². The SMILES string of the molecule is COC(=O)[C@@H](Nc1ccc(C#CC#Cc2ccc(NS(C)(=O)=O)cc2)cc1)[C@@H](C)NC(=O)OC(C)(C)C. The van der Waals surface area contributed by atoms with E-state index >= 15 is 0 Å². The van der Waals surface area contributed by atoms with Crippen LogP contribution in [0, 0.1) is 23.7 Å². The molecular weight excluding hydrogens is 494 g/mol. The molecule has 0 bridgehead atoms. The fourth-order valence-corrected chi connectivity index (χ4v) is 3.53. The summed E-state index contributed by atoms with van der Waals surface area (Å²) >= 11 is 0. The summed E-state index contributed by atoms with van der Waals surface area (Å²) in [6.07, 6.45) is 0.449. The largest absolute Gasteiger partial charge is 0.467 e. The first kappa shape index (κ1) is 29.1. The number of carbonyl (C=O) groups excluding carboxylic acids is 2. The van der Waals surface area contributed by atoms with Crippen LogP contribution in [0.15, 0.2) is 48.5 Å². The number of alkyl carbamates (subject to hydrolysis) is 1. The number of carbonyl (C=O) groups is 2. The van der Waals surface area contributed by atoms with Crippen LogP contribution < -0.4 is 15.4 Å². The Morgan fingerprint density at radius 3 is 1.81 bits per heavy atom. The van der Waals surface area contributed by atoms with Crippen molar-refractivity contribution in [2.75, 3.05) is 23.4 Å². The topological polar surface area (TPSA) is 123 Å². The first-order chi connectivity index (χ1) is 17.3. The Hall–Kier alpha value is -4.15. The minimum absolute atomic E-state index is 0.456. The van der Waals surface area contributed by atoms with E-state index in [1.54, 1.807) is 76.2 Å². The number of rotatable bonds is 7. The summed E-state index contributed by atoms with van der Waals surface area (Å²) < 4.78 is 35.0. The highest BCUT2D eigenvalue weighted by Gasteiger charge is 2.29. The molecule has 10 heteroatoms. The van der Waals surface area contributed by atoms with Gasteiger partial charge in [0, 0.05) is 22.5 Å². The summed E-state index contributed by atoms with van der Waals surface area (Å²) in [6, 6.07) is 12.2. The molecule has 2 rings (SSSR count). The summed E-state index contributed by atoms with van der Waals surface area (Å²) in [5.41, 5.74) is 1.82. The van der Waals surface area contributed by atoms with Gasteiger partial charge in [-0.3, -0.25) is 4.72 Å². The lowest BCUT2D eigenvalue weighted by molar-refractivity contribution is -0.142. The van der Waals surface area contributed by atoms with Gasteiger partial charge >= 0.3 is 12.1 Å². The molecule has 0 spiro atoms. The second-order valence-electron chi connectivity index (χ2n) is 9.11. The van der Waals surface area contributed by atoms with Gasteiger partial charge in [-0.05, 0) is 88.1 Å². The van der Waals surface area contributed by atoms with Crippen molar-refractivity contribution in [3.05, 3.63) is 59.7 Å². The van der Waals surface area contributed by atoms with E-state index in [9.17, 15) is 18.0 Å². The summed E-state index contributed by atoms with van der Waals surface area (Å²) in [5, 5.41) is 5.72. The Balaban J connectivity index is 2.02. The molecular formula is C27H31N3O6S. The van der Waals surface area contributed by atoms with E-state index in [2.05, 4.69) is 39.0 Å². The third-order valence-electron chi connectivity index (χ3n) is 4.57. The predicted molar refractivity (Wildman–Crippen MR) is 143 cm³/mol. The van der Waals surface area contributed by atoms with E-state index in [1.807, 2.05) is 0 Å². The summed E-state index contributed by atoms with van der Waals surface area (Å²) in [7, 11) is -2.05. The molecule has 3 N–H and O–H groups in total. The molecule has 0 aliphatic rings. The maximum absolute atomic E-state index is 12.3. The van der Waals surface area contributed by atoms with Crippen LogP contribution in [0.5, 0.6) is 0 Å². The Morgan fingerprint density at radius 2 is 1.38 bits per heavy atom. The lowest BCUT2D eigenvalue weighted by Crippen LogP contribution is -2.50. The summed E-state index contributed by atoms with van der Waals surface area (Å²) in [6.45, 7) is 6.93. The molecule has 37 heavy (non-hydrogen) atoms. The number of benzene rings is 2. The minimum Gasteiger partial charge on any atom is -0.467 e. The van der Waals surface area contributed by atoms with Crippen LogP contribution in [0.3, 0.4) is 0 Å². The summed E-state index contributed by atoms with van der Waals surface area (Å²) in [4.78, 5) is 24.4. The Labute approximate surface area is 218 Å². The fraction of sp³-hybridized carbons (Fsp3) is 0.333. The van der Waals surface area contributed by atoms with E-state index in [1.165, 1.54) is 7.11 Å². The molecule has 0 saturated carbocycles. The quantitative estimate of drug-likeness (QED) is 0.374. The molecule has 0 radical (unpaired) electrons. The number of esters is 1. The Morgan fingerprint density at radius 1 is 0.892 bits per heavy atom. The maximum Gasteiger partial charge on any atom is 0.407 e. The molecule has 2 aromatic rings. The van der Waals surface area contributed by atoms with Gasteiger partial charge in [-0.2, -0.15) is 0 Å². The van der Waals surface area contributed by atoms with E-state index in [-0.39, 0.29) is 0 Å². The number of hydrogen-bond donors (Lipinski definition) is 3. The van der Waals surface area contributed by atoms with E-state index in [0.717, 1.165) is 6.26 Å². The van der Waals surface area contributed by atoms with Crippen LogP contribution in [-0.2, 0) is 24.3 Å². The van der Waals surface area contributed by atoms with Gasteiger partial charge in [0.2, 0.25) is 10.0 Å².